The number of hydrogen-bond donors (Lipinski definition) is 1. The van der Waals surface area contributed by atoms with Crippen LogP contribution in [0.5, 0.6) is 0 Å². The van der Waals surface area contributed by atoms with Crippen LogP contribution in [0.4, 0.5) is 0 Å². The van der Waals surface area contributed by atoms with Gasteiger partial charge < -0.3 is 10.2 Å². The second-order valence-corrected chi connectivity index (χ2v) is 7.99. The average molecular weight is 382 g/mol. The van der Waals surface area contributed by atoms with E-state index in [2.05, 4.69) is 20.5 Å². The number of carbonyl (C=O) groups is 1. The normalized spacial score (nSPS) is 15.4. The standard InChI is InChI=1S/C19H22N6OS/c1-12-23-24-19(27-12)16-4-3-13-11-21-15(9-17(13)22-16)10-18(26)25-7-5-14(20-2)6-8-25/h3-4,9,11,14,20H,5-8,10H2,1-2H3. The van der Waals surface area contributed by atoms with Gasteiger partial charge in [0.1, 0.15) is 10.7 Å². The molecule has 0 atom stereocenters. The second-order valence-electron chi connectivity index (χ2n) is 6.81. The Kier molecular flexibility index (Phi) is 5.09. The van der Waals surface area contributed by atoms with E-state index in [0.717, 1.165) is 58.2 Å². The minimum Gasteiger partial charge on any atom is -0.342 e. The predicted octanol–water partition coefficient (Wildman–Crippen LogP) is 2.21. The van der Waals surface area contributed by atoms with E-state index in [0.29, 0.717) is 12.5 Å². The molecule has 0 spiro atoms. The summed E-state index contributed by atoms with van der Waals surface area (Å²) in [6.07, 6.45) is 4.09. The van der Waals surface area contributed by atoms with Crippen molar-refractivity contribution in [2.45, 2.75) is 32.2 Å². The van der Waals surface area contributed by atoms with E-state index in [1.54, 1.807) is 6.20 Å². The van der Waals surface area contributed by atoms with E-state index in [1.807, 2.05) is 37.1 Å². The fourth-order valence-electron chi connectivity index (χ4n) is 3.36. The van der Waals surface area contributed by atoms with Crippen molar-refractivity contribution in [3.05, 3.63) is 35.1 Å². The second kappa shape index (κ2) is 7.66. The Hall–Kier alpha value is -2.45. The number of pyridine rings is 2. The third-order valence-electron chi connectivity index (χ3n) is 4.96. The number of nitrogens with one attached hydrogen (secondary N) is 1. The minimum absolute atomic E-state index is 0.132. The molecule has 8 heteroatoms. The Morgan fingerprint density at radius 1 is 1.30 bits per heavy atom. The molecule has 1 aliphatic rings. The van der Waals surface area contributed by atoms with Crippen LogP contribution in [0.15, 0.2) is 24.4 Å². The molecule has 1 saturated heterocycles. The molecule has 0 aliphatic carbocycles. The molecule has 0 aromatic carbocycles. The third-order valence-corrected chi connectivity index (χ3v) is 5.82. The van der Waals surface area contributed by atoms with Crippen LogP contribution in [0, 0.1) is 6.92 Å². The Morgan fingerprint density at radius 3 is 2.81 bits per heavy atom. The quantitative estimate of drug-likeness (QED) is 0.745. The molecule has 1 N–H and O–H groups in total. The lowest BCUT2D eigenvalue weighted by atomic mass is 10.0. The molecule has 7 nitrogen and oxygen atoms in total. The number of carbonyl (C=O) groups excluding carboxylic acids is 1. The van der Waals surface area contributed by atoms with Crippen molar-refractivity contribution in [1.29, 1.82) is 0 Å². The van der Waals surface area contributed by atoms with Gasteiger partial charge in [-0.15, -0.1) is 10.2 Å². The molecule has 3 aromatic rings. The van der Waals surface area contributed by atoms with Crippen molar-refractivity contribution in [3.63, 3.8) is 0 Å². The van der Waals surface area contributed by atoms with E-state index in [-0.39, 0.29) is 5.91 Å². The van der Waals surface area contributed by atoms with E-state index in [1.165, 1.54) is 11.3 Å². The number of aryl methyl sites for hydroxylation is 1. The lowest BCUT2D eigenvalue weighted by molar-refractivity contribution is -0.131. The maximum atomic E-state index is 12.6. The number of piperidine rings is 1. The molecule has 1 fully saturated rings. The first-order valence-corrected chi connectivity index (χ1v) is 9.95. The summed E-state index contributed by atoms with van der Waals surface area (Å²) in [4.78, 5) is 23.7. The Morgan fingerprint density at radius 2 is 2.11 bits per heavy atom. The molecule has 0 unspecified atom stereocenters. The van der Waals surface area contributed by atoms with Gasteiger partial charge in [0, 0.05) is 30.7 Å². The molecule has 140 valence electrons. The zero-order valence-electron chi connectivity index (χ0n) is 15.5. The molecule has 4 rings (SSSR count). The van der Waals surface area contributed by atoms with Crippen molar-refractivity contribution < 1.29 is 4.79 Å². The summed E-state index contributed by atoms with van der Waals surface area (Å²) in [5, 5.41) is 14.2. The summed E-state index contributed by atoms with van der Waals surface area (Å²) in [7, 11) is 1.98. The molecular formula is C19H22N6OS. The number of amides is 1. The van der Waals surface area contributed by atoms with E-state index in [4.69, 9.17) is 4.98 Å². The molecule has 0 radical (unpaired) electrons. The van der Waals surface area contributed by atoms with Gasteiger partial charge in [0.15, 0.2) is 5.01 Å². The number of hydrogen-bond acceptors (Lipinski definition) is 7. The van der Waals surface area contributed by atoms with Gasteiger partial charge in [-0.25, -0.2) is 4.98 Å². The van der Waals surface area contributed by atoms with Gasteiger partial charge in [-0.3, -0.25) is 9.78 Å². The highest BCUT2D eigenvalue weighted by Crippen LogP contribution is 2.24. The van der Waals surface area contributed by atoms with Crippen LogP contribution in [0.1, 0.15) is 23.5 Å². The van der Waals surface area contributed by atoms with Crippen LogP contribution in [0.3, 0.4) is 0 Å². The fraction of sp³-hybridized carbons (Fsp3) is 0.421. The number of fused-ring (bicyclic) bond motifs is 1. The number of rotatable bonds is 4. The molecule has 1 aliphatic heterocycles. The summed E-state index contributed by atoms with van der Waals surface area (Å²) >= 11 is 1.52. The summed E-state index contributed by atoms with van der Waals surface area (Å²) in [6, 6.07) is 6.33. The maximum Gasteiger partial charge on any atom is 0.228 e. The average Bonchev–Trinajstić information content (AvgIpc) is 3.14. The van der Waals surface area contributed by atoms with Gasteiger partial charge in [-0.05, 0) is 45.0 Å². The van der Waals surface area contributed by atoms with Crippen LogP contribution < -0.4 is 5.32 Å². The number of aromatic nitrogens is 4. The molecular weight excluding hydrogens is 360 g/mol. The molecule has 0 bridgehead atoms. The number of likely N-dealkylation sites (tertiary alicyclic amines) is 1. The van der Waals surface area contributed by atoms with Gasteiger partial charge >= 0.3 is 0 Å². The van der Waals surface area contributed by atoms with E-state index < -0.39 is 0 Å². The van der Waals surface area contributed by atoms with Crippen molar-refractivity contribution >= 4 is 28.1 Å². The van der Waals surface area contributed by atoms with E-state index >= 15 is 0 Å². The van der Waals surface area contributed by atoms with E-state index in [9.17, 15) is 4.79 Å². The molecule has 1 amide bonds. The SMILES string of the molecule is CNC1CCN(C(=O)Cc2cc3nc(-c4nnc(C)s4)ccc3cn2)CC1. The van der Waals surface area contributed by atoms with Crippen molar-refractivity contribution in [2.24, 2.45) is 0 Å². The minimum atomic E-state index is 0.132. The van der Waals surface area contributed by atoms with Crippen molar-refractivity contribution in [2.75, 3.05) is 20.1 Å². The Balaban J connectivity index is 1.51. The molecule has 3 aromatic heterocycles. The monoisotopic (exact) mass is 382 g/mol. The van der Waals surface area contributed by atoms with Crippen molar-refractivity contribution in [1.82, 2.24) is 30.4 Å². The predicted molar refractivity (Wildman–Crippen MR) is 106 cm³/mol. The van der Waals surface area contributed by atoms with Crippen LogP contribution in [-0.4, -0.2) is 57.2 Å². The summed E-state index contributed by atoms with van der Waals surface area (Å²) in [5.41, 5.74) is 2.37. The lowest BCUT2D eigenvalue weighted by Gasteiger charge is -2.31. The van der Waals surface area contributed by atoms with Crippen LogP contribution in [0.2, 0.25) is 0 Å². The van der Waals surface area contributed by atoms with Crippen LogP contribution >= 0.6 is 11.3 Å². The lowest BCUT2D eigenvalue weighted by Crippen LogP contribution is -2.44. The van der Waals surface area contributed by atoms with Gasteiger partial charge in [-0.1, -0.05) is 11.3 Å². The first kappa shape index (κ1) is 17.9. The van der Waals surface area contributed by atoms with Gasteiger partial charge in [0.05, 0.1) is 17.6 Å². The topological polar surface area (TPSA) is 83.9 Å². The molecule has 0 saturated carbocycles. The Bertz CT molecular complexity index is 964. The summed E-state index contributed by atoms with van der Waals surface area (Å²) in [5.74, 6) is 0.132. The summed E-state index contributed by atoms with van der Waals surface area (Å²) in [6.45, 7) is 3.53. The smallest absolute Gasteiger partial charge is 0.228 e. The number of nitrogens with zero attached hydrogens (tertiary/aromatic N) is 5. The van der Waals surface area contributed by atoms with Gasteiger partial charge in [-0.2, -0.15) is 0 Å². The first-order chi connectivity index (χ1) is 13.1. The highest BCUT2D eigenvalue weighted by molar-refractivity contribution is 7.14. The van der Waals surface area contributed by atoms with Gasteiger partial charge in [0.25, 0.3) is 0 Å². The molecule has 4 heterocycles. The maximum absolute atomic E-state index is 12.6. The third kappa shape index (κ3) is 3.96. The van der Waals surface area contributed by atoms with Crippen LogP contribution in [0.25, 0.3) is 21.6 Å². The first-order valence-electron chi connectivity index (χ1n) is 9.13. The molecule has 27 heavy (non-hydrogen) atoms. The van der Waals surface area contributed by atoms with Gasteiger partial charge in [0.2, 0.25) is 5.91 Å². The summed E-state index contributed by atoms with van der Waals surface area (Å²) < 4.78 is 0. The van der Waals surface area contributed by atoms with Crippen LogP contribution in [-0.2, 0) is 11.2 Å². The van der Waals surface area contributed by atoms with Crippen molar-refractivity contribution in [3.8, 4) is 10.7 Å². The largest absolute Gasteiger partial charge is 0.342 e. The fourth-order valence-corrected chi connectivity index (χ4v) is 4.02. The highest BCUT2D eigenvalue weighted by atomic mass is 32.1. The zero-order chi connectivity index (χ0) is 18.8. The highest BCUT2D eigenvalue weighted by Gasteiger charge is 2.22. The Labute approximate surface area is 161 Å². The zero-order valence-corrected chi connectivity index (χ0v) is 16.3.